The van der Waals surface area contributed by atoms with Gasteiger partial charge in [0.15, 0.2) is 0 Å². The van der Waals surface area contributed by atoms with E-state index in [1.54, 1.807) is 0 Å². The number of hydrogen-bond acceptors (Lipinski definition) is 3. The molecule has 96 valence electrons. The van der Waals surface area contributed by atoms with E-state index in [1.807, 2.05) is 32.9 Å². The van der Waals surface area contributed by atoms with Crippen molar-refractivity contribution in [3.8, 4) is 0 Å². The minimum Gasteiger partial charge on any atom is -0.373 e. The first-order chi connectivity index (χ1) is 8.51. The first kappa shape index (κ1) is 12.6. The Kier molecular flexibility index (Phi) is 3.36. The zero-order valence-electron chi connectivity index (χ0n) is 11.0. The van der Waals surface area contributed by atoms with Gasteiger partial charge in [0.25, 0.3) is 5.91 Å². The third-order valence-corrected chi connectivity index (χ3v) is 3.12. The van der Waals surface area contributed by atoms with Crippen LogP contribution in [-0.2, 0) is 9.59 Å². The molecule has 1 atom stereocenters. The van der Waals surface area contributed by atoms with Gasteiger partial charge in [0.05, 0.1) is 6.42 Å². The third-order valence-electron chi connectivity index (χ3n) is 3.12. The molecule has 1 aliphatic rings. The maximum absolute atomic E-state index is 12.0. The van der Waals surface area contributed by atoms with Gasteiger partial charge in [0.2, 0.25) is 5.91 Å². The van der Waals surface area contributed by atoms with Crippen LogP contribution in [0.15, 0.2) is 18.2 Å². The van der Waals surface area contributed by atoms with Gasteiger partial charge in [0, 0.05) is 12.2 Å². The van der Waals surface area contributed by atoms with Gasteiger partial charge in [-0.2, -0.15) is 0 Å². The molecule has 2 amide bonds. The van der Waals surface area contributed by atoms with Crippen LogP contribution in [0.1, 0.15) is 24.5 Å². The van der Waals surface area contributed by atoms with Gasteiger partial charge in [-0.3, -0.25) is 14.5 Å². The summed E-state index contributed by atoms with van der Waals surface area (Å²) in [6.07, 6.45) is 0.250. The molecular formula is C14H18N2O2. The maximum Gasteiger partial charge on any atom is 0.252 e. The van der Waals surface area contributed by atoms with Crippen molar-refractivity contribution >= 4 is 17.5 Å². The molecule has 0 spiro atoms. The first-order valence-corrected chi connectivity index (χ1v) is 6.20. The summed E-state index contributed by atoms with van der Waals surface area (Å²) in [4.78, 5) is 24.9. The molecule has 18 heavy (non-hydrogen) atoms. The molecule has 0 aliphatic carbocycles. The normalized spacial score (nSPS) is 19.5. The molecule has 0 saturated carbocycles. The number of carbonyl (C=O) groups excluding carboxylic acids is 2. The first-order valence-electron chi connectivity index (χ1n) is 6.20. The van der Waals surface area contributed by atoms with Gasteiger partial charge in [-0.05, 0) is 44.0 Å². The fourth-order valence-electron chi connectivity index (χ4n) is 2.39. The highest BCUT2D eigenvalue weighted by atomic mass is 16.2. The number of nitrogens with zero attached hydrogens (tertiary/aromatic N) is 1. The lowest BCUT2D eigenvalue weighted by molar-refractivity contribution is -0.138. The van der Waals surface area contributed by atoms with Gasteiger partial charge >= 0.3 is 0 Å². The molecule has 1 aliphatic heterocycles. The lowest BCUT2D eigenvalue weighted by Gasteiger charge is -2.15. The van der Waals surface area contributed by atoms with Crippen LogP contribution in [0.4, 0.5) is 5.69 Å². The second-order valence-corrected chi connectivity index (χ2v) is 4.75. The molecule has 4 nitrogen and oxygen atoms in total. The number of likely N-dealkylation sites (tertiary alicyclic amines) is 1. The number of anilines is 1. The number of hydrogen-bond donors (Lipinski definition) is 1. The predicted molar refractivity (Wildman–Crippen MR) is 70.3 cm³/mol. The van der Waals surface area contributed by atoms with Crippen molar-refractivity contribution in [3.05, 3.63) is 29.3 Å². The largest absolute Gasteiger partial charge is 0.373 e. The summed E-state index contributed by atoms with van der Waals surface area (Å²) >= 11 is 0. The van der Waals surface area contributed by atoms with Crippen molar-refractivity contribution in [1.82, 2.24) is 4.90 Å². The zero-order chi connectivity index (χ0) is 13.3. The van der Waals surface area contributed by atoms with Gasteiger partial charge < -0.3 is 5.32 Å². The van der Waals surface area contributed by atoms with Crippen LogP contribution in [-0.4, -0.2) is 29.3 Å². The van der Waals surface area contributed by atoms with Gasteiger partial charge in [-0.15, -0.1) is 0 Å². The zero-order valence-corrected chi connectivity index (χ0v) is 11.0. The molecular weight excluding hydrogens is 228 g/mol. The van der Waals surface area contributed by atoms with E-state index in [1.165, 1.54) is 4.90 Å². The second kappa shape index (κ2) is 4.80. The molecule has 1 saturated heterocycles. The smallest absolute Gasteiger partial charge is 0.252 e. The lowest BCUT2D eigenvalue weighted by atomic mass is 10.1. The van der Waals surface area contributed by atoms with Crippen LogP contribution in [0.3, 0.4) is 0 Å². The van der Waals surface area contributed by atoms with E-state index >= 15 is 0 Å². The molecule has 1 fully saturated rings. The topological polar surface area (TPSA) is 49.4 Å². The average Bonchev–Trinajstić information content (AvgIpc) is 2.52. The Morgan fingerprint density at radius 1 is 1.22 bits per heavy atom. The number of carbonyl (C=O) groups is 2. The Bertz CT molecular complexity index is 476. The van der Waals surface area contributed by atoms with Crippen LogP contribution in [0, 0.1) is 13.8 Å². The van der Waals surface area contributed by atoms with Gasteiger partial charge in [0.1, 0.15) is 6.04 Å². The van der Waals surface area contributed by atoms with E-state index in [2.05, 4.69) is 11.4 Å². The minimum atomic E-state index is -0.418. The summed E-state index contributed by atoms with van der Waals surface area (Å²) in [5, 5.41) is 3.15. The average molecular weight is 246 g/mol. The van der Waals surface area contributed by atoms with Crippen LogP contribution >= 0.6 is 0 Å². The van der Waals surface area contributed by atoms with Crippen LogP contribution in [0.2, 0.25) is 0 Å². The highest BCUT2D eigenvalue weighted by Gasteiger charge is 2.37. The number of aryl methyl sites for hydroxylation is 2. The summed E-state index contributed by atoms with van der Waals surface area (Å²) in [6, 6.07) is 5.63. The summed E-state index contributed by atoms with van der Waals surface area (Å²) < 4.78 is 0. The van der Waals surface area contributed by atoms with Crippen LogP contribution in [0.25, 0.3) is 0 Å². The Morgan fingerprint density at radius 2 is 1.83 bits per heavy atom. The SMILES string of the molecule is CCN1C(=O)CC(Nc2cc(C)cc(C)c2)C1=O. The number of benzene rings is 1. The van der Waals surface area contributed by atoms with E-state index in [0.717, 1.165) is 16.8 Å². The second-order valence-electron chi connectivity index (χ2n) is 4.75. The highest BCUT2D eigenvalue weighted by Crippen LogP contribution is 2.20. The summed E-state index contributed by atoms with van der Waals surface area (Å²) in [6.45, 7) is 6.29. The Balaban J connectivity index is 2.15. The van der Waals surface area contributed by atoms with E-state index in [9.17, 15) is 9.59 Å². The molecule has 0 radical (unpaired) electrons. The van der Waals surface area contributed by atoms with Crippen molar-refractivity contribution < 1.29 is 9.59 Å². The molecule has 1 heterocycles. The molecule has 1 aromatic rings. The van der Waals surface area contributed by atoms with Crippen molar-refractivity contribution in [1.29, 1.82) is 0 Å². The highest BCUT2D eigenvalue weighted by molar-refractivity contribution is 6.06. The summed E-state index contributed by atoms with van der Waals surface area (Å²) in [5.41, 5.74) is 3.18. The molecule has 1 unspecified atom stereocenters. The van der Waals surface area contributed by atoms with Crippen molar-refractivity contribution in [2.45, 2.75) is 33.2 Å². The fraction of sp³-hybridized carbons (Fsp3) is 0.429. The fourth-order valence-corrected chi connectivity index (χ4v) is 2.39. The number of nitrogens with one attached hydrogen (secondary N) is 1. The van der Waals surface area contributed by atoms with Crippen LogP contribution in [0.5, 0.6) is 0 Å². The number of amides is 2. The van der Waals surface area contributed by atoms with Gasteiger partial charge in [-0.25, -0.2) is 0 Å². The number of imide groups is 1. The molecule has 0 bridgehead atoms. The molecule has 1 aromatic carbocycles. The van der Waals surface area contributed by atoms with Crippen molar-refractivity contribution in [2.75, 3.05) is 11.9 Å². The molecule has 2 rings (SSSR count). The summed E-state index contributed by atoms with van der Waals surface area (Å²) in [7, 11) is 0. The van der Waals surface area contributed by atoms with Gasteiger partial charge in [-0.1, -0.05) is 6.07 Å². The quantitative estimate of drug-likeness (QED) is 0.828. The Labute approximate surface area is 107 Å². The third kappa shape index (κ3) is 2.37. The van der Waals surface area contributed by atoms with Crippen LogP contribution < -0.4 is 5.32 Å². The van der Waals surface area contributed by atoms with E-state index in [4.69, 9.17) is 0 Å². The maximum atomic E-state index is 12.0. The minimum absolute atomic E-state index is 0.0932. The van der Waals surface area contributed by atoms with E-state index in [0.29, 0.717) is 6.54 Å². The molecule has 1 N–H and O–H groups in total. The van der Waals surface area contributed by atoms with Crippen molar-refractivity contribution in [3.63, 3.8) is 0 Å². The lowest BCUT2D eigenvalue weighted by Crippen LogP contribution is -2.34. The number of rotatable bonds is 3. The van der Waals surface area contributed by atoms with E-state index in [-0.39, 0.29) is 18.2 Å². The monoisotopic (exact) mass is 246 g/mol. The Morgan fingerprint density at radius 3 is 2.33 bits per heavy atom. The number of likely N-dealkylation sites (N-methyl/N-ethyl adjacent to an activating group) is 1. The molecule has 0 aromatic heterocycles. The van der Waals surface area contributed by atoms with E-state index < -0.39 is 6.04 Å². The standard InChI is InChI=1S/C14H18N2O2/c1-4-16-13(17)8-12(14(16)18)15-11-6-9(2)5-10(3)7-11/h5-7,12,15H,4,8H2,1-3H3. The summed E-state index contributed by atoms with van der Waals surface area (Å²) in [5.74, 6) is -0.217. The van der Waals surface area contributed by atoms with Crippen molar-refractivity contribution in [2.24, 2.45) is 0 Å². The Hall–Kier alpha value is -1.84. The molecule has 4 heteroatoms. The predicted octanol–water partition coefficient (Wildman–Crippen LogP) is 1.86.